The van der Waals surface area contributed by atoms with Gasteiger partial charge in [0.05, 0.1) is 0 Å². The van der Waals surface area contributed by atoms with Crippen molar-refractivity contribution in [3.05, 3.63) is 63.3 Å². The normalized spacial score (nSPS) is 12.4. The molecule has 2 nitrogen and oxygen atoms in total. The molecule has 2 aromatic rings. The van der Waals surface area contributed by atoms with E-state index in [0.717, 1.165) is 33.5 Å². The topological polar surface area (TPSA) is 38.9 Å². The van der Waals surface area contributed by atoms with Gasteiger partial charge < -0.3 is 5.73 Å². The number of pyridine rings is 1. The molecule has 2 N–H and O–H groups in total. The van der Waals surface area contributed by atoms with Crippen LogP contribution in [0.5, 0.6) is 0 Å². The molecule has 1 heterocycles. The van der Waals surface area contributed by atoms with Gasteiger partial charge in [0.1, 0.15) is 0 Å². The highest BCUT2D eigenvalue weighted by molar-refractivity contribution is 9.10. The summed E-state index contributed by atoms with van der Waals surface area (Å²) in [6.07, 6.45) is 5.19. The first-order valence-electron chi connectivity index (χ1n) is 5.73. The van der Waals surface area contributed by atoms with Crippen molar-refractivity contribution >= 4 is 27.5 Å². The van der Waals surface area contributed by atoms with Crippen LogP contribution >= 0.6 is 27.5 Å². The molecule has 0 bridgehead atoms. The molecule has 1 unspecified atom stereocenters. The first kappa shape index (κ1) is 13.5. The molecule has 0 saturated heterocycles. The Morgan fingerprint density at radius 1 is 1.28 bits per heavy atom. The zero-order valence-corrected chi connectivity index (χ0v) is 12.2. The quantitative estimate of drug-likeness (QED) is 0.932. The van der Waals surface area contributed by atoms with Gasteiger partial charge in [-0.25, -0.2) is 0 Å². The predicted octanol–water partition coefficient (Wildman–Crippen LogP) is 3.61. The summed E-state index contributed by atoms with van der Waals surface area (Å²) in [7, 11) is 0. The number of aromatic nitrogens is 1. The Kier molecular flexibility index (Phi) is 4.75. The Bertz CT molecular complexity index is 516. The van der Waals surface area contributed by atoms with Crippen molar-refractivity contribution < 1.29 is 0 Å². The van der Waals surface area contributed by atoms with Crippen molar-refractivity contribution in [1.82, 2.24) is 4.98 Å². The lowest BCUT2D eigenvalue weighted by molar-refractivity contribution is 0.663. The molecular formula is C14H14BrClN2. The van der Waals surface area contributed by atoms with Crippen molar-refractivity contribution in [2.24, 2.45) is 5.73 Å². The number of hydrogen-bond donors (Lipinski definition) is 1. The van der Waals surface area contributed by atoms with E-state index in [1.165, 1.54) is 0 Å². The van der Waals surface area contributed by atoms with Crippen molar-refractivity contribution in [3.8, 4) is 0 Å². The summed E-state index contributed by atoms with van der Waals surface area (Å²) < 4.78 is 0.983. The number of hydrogen-bond acceptors (Lipinski definition) is 2. The fourth-order valence-electron chi connectivity index (χ4n) is 1.86. The minimum absolute atomic E-state index is 0.0490. The number of nitrogens with zero attached hydrogens (tertiary/aromatic N) is 1. The first-order chi connectivity index (χ1) is 8.65. The number of benzene rings is 1. The van der Waals surface area contributed by atoms with Gasteiger partial charge in [0, 0.05) is 27.9 Å². The standard InChI is InChI=1S/C14H14BrClN2/c15-12-4-3-11(14(16)8-12)7-13(17)6-10-2-1-5-18-9-10/h1-5,8-9,13H,6-7,17H2. The molecule has 18 heavy (non-hydrogen) atoms. The zero-order chi connectivity index (χ0) is 13.0. The lowest BCUT2D eigenvalue weighted by Gasteiger charge is -2.12. The van der Waals surface area contributed by atoms with Crippen molar-refractivity contribution in [2.75, 3.05) is 0 Å². The Balaban J connectivity index is 2.01. The molecule has 0 aliphatic carbocycles. The first-order valence-corrected chi connectivity index (χ1v) is 6.90. The van der Waals surface area contributed by atoms with E-state index >= 15 is 0 Å². The van der Waals surface area contributed by atoms with Crippen LogP contribution in [-0.2, 0) is 12.8 Å². The molecule has 1 atom stereocenters. The molecule has 4 heteroatoms. The average Bonchev–Trinajstić information content (AvgIpc) is 2.34. The molecule has 1 aromatic carbocycles. The van der Waals surface area contributed by atoms with Crippen molar-refractivity contribution in [2.45, 2.75) is 18.9 Å². The van der Waals surface area contributed by atoms with Crippen LogP contribution in [-0.4, -0.2) is 11.0 Å². The molecule has 0 spiro atoms. The van der Waals surface area contributed by atoms with Crippen LogP contribution < -0.4 is 5.73 Å². The van der Waals surface area contributed by atoms with Crippen LogP contribution in [0, 0.1) is 0 Å². The monoisotopic (exact) mass is 324 g/mol. The molecule has 0 fully saturated rings. The fraction of sp³-hybridized carbons (Fsp3) is 0.214. The lowest BCUT2D eigenvalue weighted by Crippen LogP contribution is -2.25. The summed E-state index contributed by atoms with van der Waals surface area (Å²) in [5.74, 6) is 0. The van der Waals surface area contributed by atoms with E-state index in [4.69, 9.17) is 17.3 Å². The Labute approximate surface area is 120 Å². The van der Waals surface area contributed by atoms with Gasteiger partial charge in [-0.1, -0.05) is 39.7 Å². The highest BCUT2D eigenvalue weighted by Gasteiger charge is 2.08. The second-order valence-electron chi connectivity index (χ2n) is 4.27. The largest absolute Gasteiger partial charge is 0.327 e. The van der Waals surface area contributed by atoms with Gasteiger partial charge in [-0.3, -0.25) is 4.98 Å². The van der Waals surface area contributed by atoms with E-state index in [1.54, 1.807) is 6.20 Å². The third-order valence-electron chi connectivity index (χ3n) is 2.72. The summed E-state index contributed by atoms with van der Waals surface area (Å²) in [4.78, 5) is 4.09. The second kappa shape index (κ2) is 6.32. The molecule has 0 amide bonds. The number of nitrogens with two attached hydrogens (primary N) is 1. The third kappa shape index (κ3) is 3.80. The van der Waals surface area contributed by atoms with Gasteiger partial charge in [0.2, 0.25) is 0 Å². The van der Waals surface area contributed by atoms with E-state index in [2.05, 4.69) is 20.9 Å². The minimum Gasteiger partial charge on any atom is -0.327 e. The highest BCUT2D eigenvalue weighted by Crippen LogP contribution is 2.22. The van der Waals surface area contributed by atoms with E-state index in [0.29, 0.717) is 0 Å². The van der Waals surface area contributed by atoms with Crippen LogP contribution in [0.15, 0.2) is 47.2 Å². The van der Waals surface area contributed by atoms with E-state index < -0.39 is 0 Å². The maximum Gasteiger partial charge on any atom is 0.0449 e. The maximum atomic E-state index is 6.18. The molecule has 0 aliphatic heterocycles. The van der Waals surface area contributed by atoms with Crippen LogP contribution in [0.25, 0.3) is 0 Å². The van der Waals surface area contributed by atoms with Gasteiger partial charge in [-0.15, -0.1) is 0 Å². The van der Waals surface area contributed by atoms with E-state index in [1.807, 2.05) is 36.5 Å². The lowest BCUT2D eigenvalue weighted by atomic mass is 10.0. The summed E-state index contributed by atoms with van der Waals surface area (Å²) in [6.45, 7) is 0. The zero-order valence-electron chi connectivity index (χ0n) is 9.81. The summed E-state index contributed by atoms with van der Waals surface area (Å²) in [6, 6.07) is 9.90. The van der Waals surface area contributed by atoms with Gasteiger partial charge >= 0.3 is 0 Å². The average molecular weight is 326 g/mol. The van der Waals surface area contributed by atoms with Gasteiger partial charge in [-0.2, -0.15) is 0 Å². The van der Waals surface area contributed by atoms with Gasteiger partial charge in [-0.05, 0) is 42.2 Å². The smallest absolute Gasteiger partial charge is 0.0449 e. The molecule has 0 radical (unpaired) electrons. The number of halogens is 2. The molecular weight excluding hydrogens is 312 g/mol. The van der Waals surface area contributed by atoms with Gasteiger partial charge in [0.25, 0.3) is 0 Å². The SMILES string of the molecule is NC(Cc1cccnc1)Cc1ccc(Br)cc1Cl. The second-order valence-corrected chi connectivity index (χ2v) is 5.59. The van der Waals surface area contributed by atoms with Crippen molar-refractivity contribution in [1.29, 1.82) is 0 Å². The Morgan fingerprint density at radius 3 is 2.78 bits per heavy atom. The minimum atomic E-state index is 0.0490. The highest BCUT2D eigenvalue weighted by atomic mass is 79.9. The predicted molar refractivity (Wildman–Crippen MR) is 78.8 cm³/mol. The number of rotatable bonds is 4. The molecule has 94 valence electrons. The Hall–Kier alpha value is -0.900. The fourth-order valence-corrected chi connectivity index (χ4v) is 2.61. The summed E-state index contributed by atoms with van der Waals surface area (Å²) in [5, 5.41) is 0.756. The van der Waals surface area contributed by atoms with Crippen LogP contribution in [0.4, 0.5) is 0 Å². The maximum absolute atomic E-state index is 6.18. The van der Waals surface area contributed by atoms with Crippen molar-refractivity contribution in [3.63, 3.8) is 0 Å². The van der Waals surface area contributed by atoms with Crippen LogP contribution in [0.3, 0.4) is 0 Å². The van der Waals surface area contributed by atoms with Gasteiger partial charge in [0.15, 0.2) is 0 Å². The molecule has 2 rings (SSSR count). The summed E-state index contributed by atoms with van der Waals surface area (Å²) in [5.41, 5.74) is 8.38. The van der Waals surface area contributed by atoms with Crippen LogP contribution in [0.1, 0.15) is 11.1 Å². The molecule has 0 aliphatic rings. The molecule has 1 aromatic heterocycles. The van der Waals surface area contributed by atoms with E-state index in [-0.39, 0.29) is 6.04 Å². The summed E-state index contributed by atoms with van der Waals surface area (Å²) >= 11 is 9.57. The van der Waals surface area contributed by atoms with Crippen LogP contribution in [0.2, 0.25) is 5.02 Å². The third-order valence-corrected chi connectivity index (χ3v) is 3.56. The molecule has 0 saturated carbocycles. The Morgan fingerprint density at radius 2 is 2.11 bits per heavy atom. The van der Waals surface area contributed by atoms with E-state index in [9.17, 15) is 0 Å².